The van der Waals surface area contributed by atoms with E-state index in [1.807, 2.05) is 12.1 Å². The largest absolute Gasteiger partial charge is 0.467 e. The molecule has 25 heavy (non-hydrogen) atoms. The number of sulfone groups is 1. The Hall–Kier alpha value is -1.58. The zero-order valence-electron chi connectivity index (χ0n) is 14.7. The third-order valence-corrected chi connectivity index (χ3v) is 5.57. The lowest BCUT2D eigenvalue weighted by atomic mass is 10.4. The average Bonchev–Trinajstić information content (AvgIpc) is 3.11. The Kier molecular flexibility index (Phi) is 8.23. The fourth-order valence-corrected chi connectivity index (χ4v) is 3.75. The van der Waals surface area contributed by atoms with E-state index < -0.39 is 9.84 Å². The number of rotatable bonds is 9. The Bertz CT molecular complexity index is 602. The highest BCUT2D eigenvalue weighted by molar-refractivity contribution is 7.91. The van der Waals surface area contributed by atoms with Gasteiger partial charge >= 0.3 is 0 Å². The van der Waals surface area contributed by atoms with Gasteiger partial charge in [-0.1, -0.05) is 0 Å². The first-order valence-corrected chi connectivity index (χ1v) is 10.4. The first kappa shape index (κ1) is 19.7. The quantitative estimate of drug-likeness (QED) is 0.360. The van der Waals surface area contributed by atoms with E-state index in [0.29, 0.717) is 26.3 Å². The lowest BCUT2D eigenvalue weighted by molar-refractivity contribution is 0.105. The molecule has 0 spiro atoms. The standard InChI is InChI=1S/C16H28N4O4S/c1-17-16(18-5-3-10-23-14-15-4-2-11-24-15)19-6-7-20-8-12-25(21,22)13-9-20/h2,4,11H,3,5-10,12-14H2,1H3,(H2,17,18,19). The van der Waals surface area contributed by atoms with E-state index in [1.54, 1.807) is 13.3 Å². The Morgan fingerprint density at radius 1 is 1.32 bits per heavy atom. The summed E-state index contributed by atoms with van der Waals surface area (Å²) >= 11 is 0. The summed E-state index contributed by atoms with van der Waals surface area (Å²) in [5.41, 5.74) is 0. The molecule has 0 bridgehead atoms. The van der Waals surface area contributed by atoms with Crippen LogP contribution >= 0.6 is 0 Å². The first-order valence-electron chi connectivity index (χ1n) is 8.56. The molecular weight excluding hydrogens is 344 g/mol. The van der Waals surface area contributed by atoms with Crippen LogP contribution in [0.3, 0.4) is 0 Å². The summed E-state index contributed by atoms with van der Waals surface area (Å²) in [5, 5.41) is 6.48. The second-order valence-electron chi connectivity index (χ2n) is 5.90. The molecule has 1 aromatic rings. The van der Waals surface area contributed by atoms with Gasteiger partial charge < -0.3 is 19.8 Å². The topological polar surface area (TPSA) is 96.2 Å². The van der Waals surface area contributed by atoms with Crippen molar-refractivity contribution in [1.29, 1.82) is 0 Å². The maximum Gasteiger partial charge on any atom is 0.191 e. The van der Waals surface area contributed by atoms with Gasteiger partial charge in [-0.15, -0.1) is 0 Å². The molecule has 0 atom stereocenters. The number of furan rings is 1. The van der Waals surface area contributed by atoms with Gasteiger partial charge in [0.05, 0.1) is 17.8 Å². The van der Waals surface area contributed by atoms with E-state index >= 15 is 0 Å². The van der Waals surface area contributed by atoms with E-state index in [0.717, 1.165) is 37.8 Å². The lowest BCUT2D eigenvalue weighted by Gasteiger charge is -2.26. The number of aliphatic imine (C=N–C) groups is 1. The molecule has 0 aliphatic carbocycles. The van der Waals surface area contributed by atoms with E-state index in [2.05, 4.69) is 20.5 Å². The zero-order chi connectivity index (χ0) is 18.0. The molecule has 1 aliphatic rings. The van der Waals surface area contributed by atoms with Gasteiger partial charge in [0.25, 0.3) is 0 Å². The van der Waals surface area contributed by atoms with Gasteiger partial charge in [0, 0.05) is 46.4 Å². The van der Waals surface area contributed by atoms with E-state index in [4.69, 9.17) is 9.15 Å². The highest BCUT2D eigenvalue weighted by atomic mass is 32.2. The molecule has 0 unspecified atom stereocenters. The van der Waals surface area contributed by atoms with Crippen LogP contribution in [-0.4, -0.2) is 77.2 Å². The van der Waals surface area contributed by atoms with Crippen molar-refractivity contribution in [3.8, 4) is 0 Å². The molecule has 2 rings (SSSR count). The Balaban J connectivity index is 1.49. The van der Waals surface area contributed by atoms with Crippen molar-refractivity contribution in [2.75, 3.05) is 57.9 Å². The van der Waals surface area contributed by atoms with Crippen LogP contribution in [0.5, 0.6) is 0 Å². The molecule has 0 aromatic carbocycles. The minimum atomic E-state index is -2.81. The third kappa shape index (κ3) is 7.89. The Labute approximate surface area is 149 Å². The SMILES string of the molecule is CN=C(NCCCOCc1ccco1)NCCN1CCS(=O)(=O)CC1. The maximum atomic E-state index is 11.4. The predicted octanol–water partition coefficient (Wildman–Crippen LogP) is 0.0817. The third-order valence-electron chi connectivity index (χ3n) is 3.96. The summed E-state index contributed by atoms with van der Waals surface area (Å²) in [6.45, 7) is 4.67. The van der Waals surface area contributed by atoms with Gasteiger partial charge in [0.1, 0.15) is 12.4 Å². The number of hydrogen-bond donors (Lipinski definition) is 2. The highest BCUT2D eigenvalue weighted by Crippen LogP contribution is 2.03. The molecule has 0 saturated carbocycles. The van der Waals surface area contributed by atoms with Crippen molar-refractivity contribution in [3.05, 3.63) is 24.2 Å². The Morgan fingerprint density at radius 3 is 2.76 bits per heavy atom. The lowest BCUT2D eigenvalue weighted by Crippen LogP contribution is -2.46. The zero-order valence-corrected chi connectivity index (χ0v) is 15.6. The molecule has 1 aromatic heterocycles. The molecule has 142 valence electrons. The maximum absolute atomic E-state index is 11.4. The summed E-state index contributed by atoms with van der Waals surface area (Å²) in [6, 6.07) is 3.74. The number of hydrogen-bond acceptors (Lipinski definition) is 6. The molecule has 0 radical (unpaired) electrons. The van der Waals surface area contributed by atoms with Gasteiger partial charge in [0.15, 0.2) is 15.8 Å². The van der Waals surface area contributed by atoms with Gasteiger partial charge in [-0.25, -0.2) is 8.42 Å². The smallest absolute Gasteiger partial charge is 0.191 e. The molecule has 8 nitrogen and oxygen atoms in total. The molecule has 1 saturated heterocycles. The van der Waals surface area contributed by atoms with E-state index in [1.165, 1.54) is 0 Å². The molecule has 2 heterocycles. The molecule has 2 N–H and O–H groups in total. The molecule has 1 fully saturated rings. The van der Waals surface area contributed by atoms with Crippen LogP contribution in [-0.2, 0) is 21.2 Å². The van der Waals surface area contributed by atoms with Crippen LogP contribution in [0.15, 0.2) is 27.8 Å². The molecular formula is C16H28N4O4S. The number of nitrogens with zero attached hydrogens (tertiary/aromatic N) is 2. The van der Waals surface area contributed by atoms with Gasteiger partial charge in [-0.2, -0.15) is 0 Å². The van der Waals surface area contributed by atoms with Crippen LogP contribution in [0.25, 0.3) is 0 Å². The number of guanidine groups is 1. The Morgan fingerprint density at radius 2 is 2.08 bits per heavy atom. The fraction of sp³-hybridized carbons (Fsp3) is 0.688. The van der Waals surface area contributed by atoms with Crippen molar-refractivity contribution in [2.24, 2.45) is 4.99 Å². The summed E-state index contributed by atoms with van der Waals surface area (Å²) < 4.78 is 33.5. The minimum absolute atomic E-state index is 0.262. The summed E-state index contributed by atoms with van der Waals surface area (Å²) in [6.07, 6.45) is 2.50. The van der Waals surface area contributed by atoms with Crippen LogP contribution in [0, 0.1) is 0 Å². The van der Waals surface area contributed by atoms with Crippen molar-refractivity contribution < 1.29 is 17.6 Å². The summed E-state index contributed by atoms with van der Waals surface area (Å²) in [5.74, 6) is 2.10. The van der Waals surface area contributed by atoms with Crippen LogP contribution in [0.1, 0.15) is 12.2 Å². The normalized spacial score (nSPS) is 18.2. The number of nitrogens with one attached hydrogen (secondary N) is 2. The fourth-order valence-electron chi connectivity index (χ4n) is 2.48. The van der Waals surface area contributed by atoms with Gasteiger partial charge in [-0.05, 0) is 18.6 Å². The monoisotopic (exact) mass is 372 g/mol. The van der Waals surface area contributed by atoms with E-state index in [-0.39, 0.29) is 11.5 Å². The predicted molar refractivity (Wildman–Crippen MR) is 97.4 cm³/mol. The average molecular weight is 372 g/mol. The minimum Gasteiger partial charge on any atom is -0.467 e. The van der Waals surface area contributed by atoms with Gasteiger partial charge in [-0.3, -0.25) is 9.89 Å². The first-order chi connectivity index (χ1) is 12.1. The van der Waals surface area contributed by atoms with Crippen LogP contribution in [0.4, 0.5) is 0 Å². The molecule has 1 aliphatic heterocycles. The second kappa shape index (κ2) is 10.4. The van der Waals surface area contributed by atoms with Crippen LogP contribution < -0.4 is 10.6 Å². The van der Waals surface area contributed by atoms with Crippen molar-refractivity contribution in [3.63, 3.8) is 0 Å². The molecule has 9 heteroatoms. The second-order valence-corrected chi connectivity index (χ2v) is 8.21. The summed E-state index contributed by atoms with van der Waals surface area (Å²) in [7, 11) is -1.08. The van der Waals surface area contributed by atoms with Crippen molar-refractivity contribution in [2.45, 2.75) is 13.0 Å². The van der Waals surface area contributed by atoms with E-state index in [9.17, 15) is 8.42 Å². The number of ether oxygens (including phenoxy) is 1. The van der Waals surface area contributed by atoms with Crippen LogP contribution in [0.2, 0.25) is 0 Å². The van der Waals surface area contributed by atoms with Gasteiger partial charge in [0.2, 0.25) is 0 Å². The summed E-state index contributed by atoms with van der Waals surface area (Å²) in [4.78, 5) is 6.33. The van der Waals surface area contributed by atoms with Crippen molar-refractivity contribution in [1.82, 2.24) is 15.5 Å². The van der Waals surface area contributed by atoms with Crippen molar-refractivity contribution >= 4 is 15.8 Å². The molecule has 0 amide bonds. The highest BCUT2D eigenvalue weighted by Gasteiger charge is 2.20.